The number of aliphatic hydroxyl groups is 1. The van der Waals surface area contributed by atoms with Crippen molar-refractivity contribution >= 4 is 0 Å². The summed E-state index contributed by atoms with van der Waals surface area (Å²) in [5.74, 6) is 0. The van der Waals surface area contributed by atoms with Crippen LogP contribution in [0.25, 0.3) is 0 Å². The molecule has 3 nitrogen and oxygen atoms in total. The summed E-state index contributed by atoms with van der Waals surface area (Å²) < 4.78 is 0. The van der Waals surface area contributed by atoms with E-state index in [1.807, 2.05) is 12.1 Å². The molecule has 1 saturated carbocycles. The fourth-order valence-electron chi connectivity index (χ4n) is 1.49. The van der Waals surface area contributed by atoms with Gasteiger partial charge in [0.1, 0.15) is 0 Å². The van der Waals surface area contributed by atoms with Crippen molar-refractivity contribution in [2.24, 2.45) is 0 Å². The summed E-state index contributed by atoms with van der Waals surface area (Å²) in [4.78, 5) is 0. The molecule has 1 fully saturated rings. The monoisotopic (exact) mass is 208 g/mol. The Bertz CT molecular complexity index is 193. The first kappa shape index (κ1) is 13.9. The number of unbranched alkanes of at least 4 members (excludes halogenated alkanes) is 3. The van der Waals surface area contributed by atoms with Crippen LogP contribution in [0.2, 0.25) is 0 Å². The van der Waals surface area contributed by atoms with Gasteiger partial charge in [-0.05, 0) is 25.7 Å². The molecule has 0 unspecified atom stereocenters. The third-order valence-corrected chi connectivity index (χ3v) is 2.40. The summed E-state index contributed by atoms with van der Waals surface area (Å²) in [7, 11) is 0. The van der Waals surface area contributed by atoms with Crippen LogP contribution in [-0.2, 0) is 0 Å². The van der Waals surface area contributed by atoms with Crippen molar-refractivity contribution in [2.75, 3.05) is 0 Å². The molecule has 0 aromatic carbocycles. The van der Waals surface area contributed by atoms with E-state index in [9.17, 15) is 0 Å². The van der Waals surface area contributed by atoms with Crippen LogP contribution in [0.1, 0.15) is 57.8 Å². The average molecular weight is 208 g/mol. The predicted octanol–water partition coefficient (Wildman–Crippen LogP) is 2.91. The second-order valence-electron chi connectivity index (χ2n) is 3.82. The van der Waals surface area contributed by atoms with E-state index in [-0.39, 0.29) is 6.10 Å². The summed E-state index contributed by atoms with van der Waals surface area (Å²) in [6.07, 6.45) is 8.82. The lowest BCUT2D eigenvalue weighted by Gasteiger charge is -2.14. The van der Waals surface area contributed by atoms with Gasteiger partial charge in [0, 0.05) is 12.8 Å². The van der Waals surface area contributed by atoms with Gasteiger partial charge in [0.25, 0.3) is 0 Å². The van der Waals surface area contributed by atoms with Gasteiger partial charge < -0.3 is 5.11 Å². The molecule has 1 N–H and O–H groups in total. The van der Waals surface area contributed by atoms with E-state index in [2.05, 4.69) is 0 Å². The standard InChI is InChI=1S/C6H8N2.C6H12O/c7-5-3-1-2-4-6-8;7-6-4-2-1-3-5-6/h1-4H2;6-7H,1-5H2. The summed E-state index contributed by atoms with van der Waals surface area (Å²) in [5, 5.41) is 25.0. The van der Waals surface area contributed by atoms with Gasteiger partial charge in [-0.3, -0.25) is 0 Å². The van der Waals surface area contributed by atoms with E-state index in [4.69, 9.17) is 15.6 Å². The molecule has 0 bridgehead atoms. The maximum Gasteiger partial charge on any atom is 0.0621 e. The van der Waals surface area contributed by atoms with Gasteiger partial charge in [-0.15, -0.1) is 0 Å². The molecule has 1 aliphatic rings. The lowest BCUT2D eigenvalue weighted by Crippen LogP contribution is -2.09. The molecule has 0 atom stereocenters. The van der Waals surface area contributed by atoms with Gasteiger partial charge in [0.2, 0.25) is 0 Å². The normalized spacial score (nSPS) is 15.7. The van der Waals surface area contributed by atoms with Gasteiger partial charge in [-0.2, -0.15) is 10.5 Å². The van der Waals surface area contributed by atoms with Gasteiger partial charge in [-0.25, -0.2) is 0 Å². The third kappa shape index (κ3) is 10.9. The molecule has 1 aliphatic carbocycles. The van der Waals surface area contributed by atoms with Crippen molar-refractivity contribution < 1.29 is 5.11 Å². The van der Waals surface area contributed by atoms with Crippen LogP contribution in [0, 0.1) is 22.7 Å². The number of hydrogen-bond acceptors (Lipinski definition) is 3. The molecule has 0 aromatic heterocycles. The molecular formula is C12H20N2O. The second kappa shape index (κ2) is 11.0. The first-order chi connectivity index (χ1) is 7.31. The SMILES string of the molecule is N#CCCCCC#N.OC1CCCCC1. The number of aliphatic hydroxyl groups excluding tert-OH is 1. The summed E-state index contributed by atoms with van der Waals surface area (Å²) in [5.41, 5.74) is 0. The van der Waals surface area contributed by atoms with E-state index in [0.29, 0.717) is 12.8 Å². The minimum Gasteiger partial charge on any atom is -0.393 e. The van der Waals surface area contributed by atoms with Crippen molar-refractivity contribution in [3.8, 4) is 12.1 Å². The highest BCUT2D eigenvalue weighted by Crippen LogP contribution is 2.16. The quantitative estimate of drug-likeness (QED) is 0.725. The van der Waals surface area contributed by atoms with Crippen molar-refractivity contribution in [1.29, 1.82) is 10.5 Å². The zero-order valence-electron chi connectivity index (χ0n) is 9.28. The van der Waals surface area contributed by atoms with Crippen molar-refractivity contribution in [3.05, 3.63) is 0 Å². The highest BCUT2D eigenvalue weighted by molar-refractivity contribution is 4.72. The van der Waals surface area contributed by atoms with Crippen molar-refractivity contribution in [2.45, 2.75) is 63.9 Å². The van der Waals surface area contributed by atoms with Crippen LogP contribution in [0.3, 0.4) is 0 Å². The van der Waals surface area contributed by atoms with Crippen LogP contribution >= 0.6 is 0 Å². The second-order valence-corrected chi connectivity index (χ2v) is 3.82. The molecule has 0 aliphatic heterocycles. The number of nitriles is 2. The Hall–Kier alpha value is -1.06. The van der Waals surface area contributed by atoms with Crippen molar-refractivity contribution in [1.82, 2.24) is 0 Å². The van der Waals surface area contributed by atoms with E-state index in [0.717, 1.165) is 25.7 Å². The number of hydrogen-bond donors (Lipinski definition) is 1. The van der Waals surface area contributed by atoms with Crippen LogP contribution < -0.4 is 0 Å². The Morgan fingerprint density at radius 2 is 1.40 bits per heavy atom. The highest BCUT2D eigenvalue weighted by Gasteiger charge is 2.07. The summed E-state index contributed by atoms with van der Waals surface area (Å²) >= 11 is 0. The number of rotatable bonds is 3. The van der Waals surface area contributed by atoms with E-state index in [1.54, 1.807) is 0 Å². The fourth-order valence-corrected chi connectivity index (χ4v) is 1.49. The van der Waals surface area contributed by atoms with Crippen LogP contribution in [0.4, 0.5) is 0 Å². The fraction of sp³-hybridized carbons (Fsp3) is 0.833. The van der Waals surface area contributed by atoms with Crippen molar-refractivity contribution in [3.63, 3.8) is 0 Å². The molecule has 15 heavy (non-hydrogen) atoms. The van der Waals surface area contributed by atoms with E-state index >= 15 is 0 Å². The Balaban J connectivity index is 0.000000262. The molecule has 0 heterocycles. The Kier molecular flexibility index (Phi) is 10.2. The van der Waals surface area contributed by atoms with Gasteiger partial charge in [0.05, 0.1) is 18.2 Å². The Morgan fingerprint density at radius 1 is 0.933 bits per heavy atom. The molecule has 1 rings (SSSR count). The smallest absolute Gasteiger partial charge is 0.0621 e. The largest absolute Gasteiger partial charge is 0.393 e. The first-order valence-corrected chi connectivity index (χ1v) is 5.73. The maximum absolute atomic E-state index is 8.91. The molecule has 0 saturated heterocycles. The molecule has 3 heteroatoms. The molecular weight excluding hydrogens is 188 g/mol. The minimum absolute atomic E-state index is 0.0359. The average Bonchev–Trinajstić information content (AvgIpc) is 2.27. The zero-order valence-corrected chi connectivity index (χ0v) is 9.28. The predicted molar refractivity (Wildman–Crippen MR) is 58.8 cm³/mol. The molecule has 0 amide bonds. The minimum atomic E-state index is 0.0359. The molecule has 0 radical (unpaired) electrons. The van der Waals surface area contributed by atoms with Crippen LogP contribution in [0.5, 0.6) is 0 Å². The van der Waals surface area contributed by atoms with E-state index < -0.39 is 0 Å². The third-order valence-electron chi connectivity index (χ3n) is 2.40. The highest BCUT2D eigenvalue weighted by atomic mass is 16.3. The molecule has 0 aromatic rings. The van der Waals surface area contributed by atoms with Crippen LogP contribution in [-0.4, -0.2) is 11.2 Å². The molecule has 84 valence electrons. The molecule has 0 spiro atoms. The maximum atomic E-state index is 8.91. The van der Waals surface area contributed by atoms with E-state index in [1.165, 1.54) is 19.3 Å². The lowest BCUT2D eigenvalue weighted by atomic mass is 9.98. The summed E-state index contributed by atoms with van der Waals surface area (Å²) in [6.45, 7) is 0. The topological polar surface area (TPSA) is 67.8 Å². The number of nitrogens with zero attached hydrogens (tertiary/aromatic N) is 2. The van der Waals surface area contributed by atoms with Crippen LogP contribution in [0.15, 0.2) is 0 Å². The van der Waals surface area contributed by atoms with Gasteiger partial charge in [0.15, 0.2) is 0 Å². The Labute approximate surface area is 92.3 Å². The summed E-state index contributed by atoms with van der Waals surface area (Å²) in [6, 6.07) is 4.03. The first-order valence-electron chi connectivity index (χ1n) is 5.73. The zero-order chi connectivity index (χ0) is 11.4. The Morgan fingerprint density at radius 3 is 1.67 bits per heavy atom. The van der Waals surface area contributed by atoms with Gasteiger partial charge >= 0.3 is 0 Å². The lowest BCUT2D eigenvalue weighted by molar-refractivity contribution is 0.130. The van der Waals surface area contributed by atoms with Gasteiger partial charge in [-0.1, -0.05) is 19.3 Å².